The lowest BCUT2D eigenvalue weighted by Gasteiger charge is -2.18. The molecule has 0 saturated heterocycles. The second kappa shape index (κ2) is 3.06. The molecule has 0 aliphatic heterocycles. The van der Waals surface area contributed by atoms with Crippen LogP contribution < -0.4 is 0 Å². The summed E-state index contributed by atoms with van der Waals surface area (Å²) < 4.78 is 34.4. The number of hydrogen-bond acceptors (Lipinski definition) is 1. The van der Waals surface area contributed by atoms with E-state index < -0.39 is 17.9 Å². The zero-order valence-electron chi connectivity index (χ0n) is 4.29. The molecule has 62 valence electrons. The van der Waals surface area contributed by atoms with Crippen molar-refractivity contribution < 1.29 is 18.3 Å². The molecule has 10 heavy (non-hydrogen) atoms. The number of hydrogen-bond donors (Lipinski definition) is 1. The smallest absolute Gasteiger partial charge is 0.383 e. The number of rotatable bonds is 1. The van der Waals surface area contributed by atoms with E-state index in [1.165, 1.54) is 0 Å². The summed E-state index contributed by atoms with van der Waals surface area (Å²) in [6, 6.07) is -4.05. The predicted molar refractivity (Wildman–Crippen MR) is 35.4 cm³/mol. The lowest BCUT2D eigenvalue weighted by molar-refractivity contribution is -0.177. The first kappa shape index (κ1) is 10.8. The van der Waals surface area contributed by atoms with E-state index in [1.807, 2.05) is 0 Å². The third-order valence-electron chi connectivity index (χ3n) is 0.620. The Kier molecular flexibility index (Phi) is 3.32. The average Bonchev–Trinajstić information content (AvgIpc) is 1.59. The molecule has 0 aliphatic rings. The Morgan fingerprint density at radius 3 is 1.50 bits per heavy atom. The second-order valence-corrected chi connectivity index (χ2v) is 10.2. The van der Waals surface area contributed by atoms with Gasteiger partial charge in [0.2, 0.25) is 0 Å². The van der Waals surface area contributed by atoms with E-state index in [-0.39, 0.29) is 0 Å². The molecule has 0 aromatic rings. The van der Waals surface area contributed by atoms with Crippen molar-refractivity contribution in [1.82, 2.24) is 0 Å². The molecule has 0 bridgehead atoms. The highest BCUT2D eigenvalue weighted by Crippen LogP contribution is 2.34. The highest BCUT2D eigenvalue weighted by Gasteiger charge is 2.53. The maximum Gasteiger partial charge on any atom is 0.415 e. The standard InChI is InChI=1S/C2H2Cl3F3OSi/c3-10(4,5)1(9)2(6,7)8/h1,9H. The molecule has 1 atom stereocenters. The predicted octanol–water partition coefficient (Wildman–Crippen LogP) is 2.10. The molecule has 0 radical (unpaired) electrons. The van der Waals surface area contributed by atoms with Crippen molar-refractivity contribution in [3.05, 3.63) is 0 Å². The van der Waals surface area contributed by atoms with Gasteiger partial charge in [0, 0.05) is 0 Å². The van der Waals surface area contributed by atoms with Gasteiger partial charge in [-0.15, -0.1) is 33.2 Å². The summed E-state index contributed by atoms with van der Waals surface area (Å²) in [5.41, 5.74) is -2.80. The van der Waals surface area contributed by atoms with Gasteiger partial charge in [0.1, 0.15) is 0 Å². The Balaban J connectivity index is 4.23. The first-order valence-corrected chi connectivity index (χ1v) is 7.08. The molecular formula is C2H2Cl3F3OSi. The summed E-state index contributed by atoms with van der Waals surface area (Å²) in [5, 5.41) is 8.26. The number of halogens is 6. The van der Waals surface area contributed by atoms with E-state index >= 15 is 0 Å². The maximum atomic E-state index is 11.5. The minimum Gasteiger partial charge on any atom is -0.383 e. The van der Waals surface area contributed by atoms with Gasteiger partial charge in [-0.3, -0.25) is 0 Å². The molecule has 0 heterocycles. The van der Waals surface area contributed by atoms with E-state index in [1.54, 1.807) is 0 Å². The second-order valence-electron chi connectivity index (χ2n) is 1.49. The minimum absolute atomic E-state index is 2.80. The van der Waals surface area contributed by atoms with Gasteiger partial charge in [-0.25, -0.2) is 0 Å². The van der Waals surface area contributed by atoms with Crippen molar-refractivity contribution in [2.75, 3.05) is 0 Å². The molecule has 8 heteroatoms. The molecule has 0 rings (SSSR count). The fourth-order valence-electron chi connectivity index (χ4n) is 0.186. The van der Waals surface area contributed by atoms with Crippen LogP contribution in [0.5, 0.6) is 0 Å². The van der Waals surface area contributed by atoms with E-state index in [9.17, 15) is 13.2 Å². The zero-order chi connectivity index (χ0) is 8.58. The fraction of sp³-hybridized carbons (Fsp3) is 1.00. The molecule has 0 amide bonds. The molecule has 1 nitrogen and oxygen atoms in total. The lowest BCUT2D eigenvalue weighted by atomic mass is 10.7. The average molecular weight is 233 g/mol. The molecule has 0 aromatic carbocycles. The van der Waals surface area contributed by atoms with Gasteiger partial charge in [-0.1, -0.05) is 0 Å². The summed E-state index contributed by atoms with van der Waals surface area (Å²) in [6.07, 6.45) is -4.84. The first-order chi connectivity index (χ1) is 4.15. The third-order valence-corrected chi connectivity index (χ3v) is 3.43. The van der Waals surface area contributed by atoms with Gasteiger partial charge in [-0.2, -0.15) is 13.2 Å². The first-order valence-electron chi connectivity index (χ1n) is 1.97. The molecule has 1 N–H and O–H groups in total. The normalized spacial score (nSPS) is 17.1. The maximum absolute atomic E-state index is 11.5. The highest BCUT2D eigenvalue weighted by atomic mass is 35.8. The van der Waals surface area contributed by atoms with Crippen LogP contribution in [0.15, 0.2) is 0 Å². The molecular weight excluding hydrogens is 231 g/mol. The van der Waals surface area contributed by atoms with Crippen LogP contribution in [-0.4, -0.2) is 23.0 Å². The molecule has 0 aromatic heterocycles. The number of aliphatic hydroxyl groups excluding tert-OH is 1. The van der Waals surface area contributed by atoms with Gasteiger partial charge in [0.05, 0.1) is 0 Å². The van der Waals surface area contributed by atoms with Crippen molar-refractivity contribution >= 4 is 39.2 Å². The van der Waals surface area contributed by atoms with Crippen LogP contribution in [0.2, 0.25) is 0 Å². The molecule has 0 saturated carbocycles. The SMILES string of the molecule is OC(C(F)(F)F)[Si](Cl)(Cl)Cl. The molecule has 1 unspecified atom stereocenters. The van der Waals surface area contributed by atoms with Crippen molar-refractivity contribution in [2.24, 2.45) is 0 Å². The molecule has 0 fully saturated rings. The van der Waals surface area contributed by atoms with Crippen LogP contribution in [0, 0.1) is 0 Å². The number of aliphatic hydroxyl groups is 1. The summed E-state index contributed by atoms with van der Waals surface area (Å²) in [6.45, 7) is 0. The van der Waals surface area contributed by atoms with Crippen molar-refractivity contribution in [2.45, 2.75) is 11.9 Å². The van der Waals surface area contributed by atoms with Crippen LogP contribution >= 0.6 is 33.2 Å². The van der Waals surface area contributed by atoms with Crippen molar-refractivity contribution in [3.8, 4) is 0 Å². The quantitative estimate of drug-likeness (QED) is 0.543. The summed E-state index contributed by atoms with van der Waals surface area (Å²) in [7, 11) is 0. The van der Waals surface area contributed by atoms with E-state index in [2.05, 4.69) is 0 Å². The minimum atomic E-state index is -4.84. The Morgan fingerprint density at radius 2 is 1.50 bits per heavy atom. The van der Waals surface area contributed by atoms with Crippen molar-refractivity contribution in [1.29, 1.82) is 0 Å². The topological polar surface area (TPSA) is 20.2 Å². The van der Waals surface area contributed by atoms with Gasteiger partial charge in [-0.05, 0) is 0 Å². The summed E-state index contributed by atoms with van der Waals surface area (Å²) >= 11 is 14.6. The summed E-state index contributed by atoms with van der Waals surface area (Å²) in [5.74, 6) is 0. The molecule has 0 spiro atoms. The van der Waals surface area contributed by atoms with Gasteiger partial charge in [0.15, 0.2) is 5.73 Å². The largest absolute Gasteiger partial charge is 0.415 e. The Hall–Kier alpha value is 0.837. The van der Waals surface area contributed by atoms with Gasteiger partial charge in [0.25, 0.3) is 0 Å². The van der Waals surface area contributed by atoms with Crippen LogP contribution in [0.3, 0.4) is 0 Å². The van der Waals surface area contributed by atoms with Crippen LogP contribution in [0.25, 0.3) is 0 Å². The van der Waals surface area contributed by atoms with Gasteiger partial charge >= 0.3 is 12.2 Å². The Bertz CT molecular complexity index is 106. The number of alkyl halides is 3. The zero-order valence-corrected chi connectivity index (χ0v) is 7.56. The van der Waals surface area contributed by atoms with E-state index in [4.69, 9.17) is 38.3 Å². The molecule has 0 aliphatic carbocycles. The Morgan fingerprint density at radius 1 is 1.20 bits per heavy atom. The monoisotopic (exact) mass is 232 g/mol. The Labute approximate surface area is 69.8 Å². The van der Waals surface area contributed by atoms with Crippen LogP contribution in [0.4, 0.5) is 13.2 Å². The van der Waals surface area contributed by atoms with E-state index in [0.717, 1.165) is 0 Å². The van der Waals surface area contributed by atoms with Crippen molar-refractivity contribution in [3.63, 3.8) is 0 Å². The van der Waals surface area contributed by atoms with Crippen LogP contribution in [0.1, 0.15) is 0 Å². The summed E-state index contributed by atoms with van der Waals surface area (Å²) in [4.78, 5) is 0. The highest BCUT2D eigenvalue weighted by molar-refractivity contribution is 7.65. The van der Waals surface area contributed by atoms with E-state index in [0.29, 0.717) is 0 Å². The van der Waals surface area contributed by atoms with Gasteiger partial charge < -0.3 is 5.11 Å². The third kappa shape index (κ3) is 3.29. The lowest BCUT2D eigenvalue weighted by Crippen LogP contribution is -2.43. The van der Waals surface area contributed by atoms with Crippen LogP contribution in [-0.2, 0) is 0 Å². The fourth-order valence-corrected chi connectivity index (χ4v) is 1.67.